The lowest BCUT2D eigenvalue weighted by Gasteiger charge is -2.08. The maximum absolute atomic E-state index is 12.2. The molecular formula is C14H17N5O3. The number of H-pyrrole nitrogens is 1. The Morgan fingerprint density at radius 1 is 1.50 bits per heavy atom. The molecule has 0 radical (unpaired) electrons. The largest absolute Gasteiger partial charge is 0.369 e. The summed E-state index contributed by atoms with van der Waals surface area (Å²) in [5.41, 5.74) is 6.86. The van der Waals surface area contributed by atoms with Gasteiger partial charge in [-0.1, -0.05) is 12.1 Å². The average Bonchev–Trinajstić information content (AvgIpc) is 2.88. The molecule has 8 heteroatoms. The smallest absolute Gasteiger partial charge is 0.282 e. The number of carbonyl (C=O) groups excluding carboxylic acids is 1. The first-order valence-electron chi connectivity index (χ1n) is 6.80. The van der Waals surface area contributed by atoms with Gasteiger partial charge in [0.1, 0.15) is 5.56 Å². The first-order valence-corrected chi connectivity index (χ1v) is 6.80. The van der Waals surface area contributed by atoms with Crippen LogP contribution >= 0.6 is 0 Å². The van der Waals surface area contributed by atoms with Crippen molar-refractivity contribution < 1.29 is 9.72 Å². The van der Waals surface area contributed by atoms with Crippen molar-refractivity contribution in [1.82, 2.24) is 15.3 Å². The number of imidazole rings is 1. The molecular weight excluding hydrogens is 286 g/mol. The number of nitrogens with two attached hydrogens (primary N) is 1. The summed E-state index contributed by atoms with van der Waals surface area (Å²) < 4.78 is 0. The second kappa shape index (κ2) is 6.70. The second-order valence-electron chi connectivity index (χ2n) is 4.88. The lowest BCUT2D eigenvalue weighted by molar-refractivity contribution is -0.385. The van der Waals surface area contributed by atoms with Crippen molar-refractivity contribution in [2.24, 2.45) is 0 Å². The third kappa shape index (κ3) is 3.60. The number of nitrogens with one attached hydrogen (secondary N) is 2. The van der Waals surface area contributed by atoms with Gasteiger partial charge in [-0.15, -0.1) is 0 Å². The van der Waals surface area contributed by atoms with Crippen LogP contribution in [0.15, 0.2) is 24.4 Å². The molecule has 0 atom stereocenters. The summed E-state index contributed by atoms with van der Waals surface area (Å²) in [5.74, 6) is -0.0801. The molecule has 1 aromatic carbocycles. The summed E-state index contributed by atoms with van der Waals surface area (Å²) in [4.78, 5) is 29.4. The van der Waals surface area contributed by atoms with Gasteiger partial charge in [0.25, 0.3) is 11.6 Å². The SMILES string of the molecule is Cc1cccc([N+](=O)[O-])c1C(=O)NCCCc1cnc(N)[nH]1. The Bertz CT molecular complexity index is 696. The van der Waals surface area contributed by atoms with Crippen molar-refractivity contribution in [3.63, 3.8) is 0 Å². The number of anilines is 1. The maximum atomic E-state index is 12.2. The fraction of sp³-hybridized carbons (Fsp3) is 0.286. The zero-order valence-corrected chi connectivity index (χ0v) is 12.1. The molecule has 0 aliphatic rings. The van der Waals surface area contributed by atoms with E-state index in [9.17, 15) is 14.9 Å². The topological polar surface area (TPSA) is 127 Å². The molecule has 1 heterocycles. The second-order valence-corrected chi connectivity index (χ2v) is 4.88. The number of nitro groups is 1. The van der Waals surface area contributed by atoms with Crippen molar-refractivity contribution in [1.29, 1.82) is 0 Å². The monoisotopic (exact) mass is 303 g/mol. The van der Waals surface area contributed by atoms with Crippen molar-refractivity contribution >= 4 is 17.5 Å². The van der Waals surface area contributed by atoms with E-state index in [0.717, 1.165) is 5.69 Å². The Hall–Kier alpha value is -2.90. The van der Waals surface area contributed by atoms with Crippen molar-refractivity contribution in [2.75, 3.05) is 12.3 Å². The number of aryl methyl sites for hydroxylation is 2. The van der Waals surface area contributed by atoms with E-state index in [1.54, 1.807) is 25.3 Å². The number of aromatic amines is 1. The highest BCUT2D eigenvalue weighted by atomic mass is 16.6. The van der Waals surface area contributed by atoms with Gasteiger partial charge in [-0.2, -0.15) is 0 Å². The van der Waals surface area contributed by atoms with Crippen LogP contribution in [-0.2, 0) is 6.42 Å². The van der Waals surface area contributed by atoms with Gasteiger partial charge in [0.2, 0.25) is 0 Å². The van der Waals surface area contributed by atoms with Crippen LogP contribution in [0.4, 0.5) is 11.6 Å². The van der Waals surface area contributed by atoms with Crippen LogP contribution in [0.25, 0.3) is 0 Å². The maximum Gasteiger partial charge on any atom is 0.282 e. The van der Waals surface area contributed by atoms with Crippen LogP contribution < -0.4 is 11.1 Å². The molecule has 2 rings (SSSR count). The number of carbonyl (C=O) groups is 1. The number of hydrogen-bond acceptors (Lipinski definition) is 5. The standard InChI is InChI=1S/C14H17N5O3/c1-9-4-2-6-11(19(21)22)12(9)13(20)16-7-3-5-10-8-17-14(15)18-10/h2,4,6,8H,3,5,7H2,1H3,(H,16,20)(H3,15,17,18). The fourth-order valence-corrected chi connectivity index (χ4v) is 2.17. The van der Waals surface area contributed by atoms with Gasteiger partial charge in [0.15, 0.2) is 5.95 Å². The van der Waals surface area contributed by atoms with E-state index in [4.69, 9.17) is 5.73 Å². The zero-order chi connectivity index (χ0) is 16.1. The Balaban J connectivity index is 1.94. The van der Waals surface area contributed by atoms with Gasteiger partial charge in [-0.25, -0.2) is 4.98 Å². The van der Waals surface area contributed by atoms with E-state index < -0.39 is 10.8 Å². The van der Waals surface area contributed by atoms with Crippen molar-refractivity contribution in [2.45, 2.75) is 19.8 Å². The highest BCUT2D eigenvalue weighted by Gasteiger charge is 2.21. The van der Waals surface area contributed by atoms with Gasteiger partial charge in [-0.05, 0) is 25.3 Å². The van der Waals surface area contributed by atoms with Crippen LogP contribution in [0, 0.1) is 17.0 Å². The number of nitro benzene ring substituents is 1. The van der Waals surface area contributed by atoms with Crippen LogP contribution in [0.1, 0.15) is 28.0 Å². The molecule has 8 nitrogen and oxygen atoms in total. The molecule has 0 bridgehead atoms. The molecule has 0 aliphatic heterocycles. The summed E-state index contributed by atoms with van der Waals surface area (Å²) in [6.45, 7) is 2.08. The van der Waals surface area contributed by atoms with E-state index in [1.165, 1.54) is 6.07 Å². The number of hydrogen-bond donors (Lipinski definition) is 3. The predicted octanol–water partition coefficient (Wildman–Crippen LogP) is 1.57. The minimum Gasteiger partial charge on any atom is -0.369 e. The number of aromatic nitrogens is 2. The van der Waals surface area contributed by atoms with Crippen molar-refractivity contribution in [3.05, 3.63) is 51.3 Å². The van der Waals surface area contributed by atoms with E-state index in [1.807, 2.05) is 0 Å². The van der Waals surface area contributed by atoms with E-state index >= 15 is 0 Å². The van der Waals surface area contributed by atoms with E-state index in [2.05, 4.69) is 15.3 Å². The minimum atomic E-state index is -0.546. The lowest BCUT2D eigenvalue weighted by Crippen LogP contribution is -2.26. The third-order valence-corrected chi connectivity index (χ3v) is 3.23. The van der Waals surface area contributed by atoms with Gasteiger partial charge in [0.05, 0.1) is 11.1 Å². The molecule has 0 unspecified atom stereocenters. The predicted molar refractivity (Wildman–Crippen MR) is 81.5 cm³/mol. The summed E-state index contributed by atoms with van der Waals surface area (Å²) >= 11 is 0. The molecule has 0 saturated heterocycles. The summed E-state index contributed by atoms with van der Waals surface area (Å²) in [5, 5.41) is 13.7. The molecule has 0 fully saturated rings. The Morgan fingerprint density at radius 3 is 2.91 bits per heavy atom. The van der Waals surface area contributed by atoms with E-state index in [-0.39, 0.29) is 11.3 Å². The van der Waals surface area contributed by atoms with Crippen LogP contribution in [0.3, 0.4) is 0 Å². The molecule has 22 heavy (non-hydrogen) atoms. The fourth-order valence-electron chi connectivity index (χ4n) is 2.17. The summed E-state index contributed by atoms with van der Waals surface area (Å²) in [6, 6.07) is 4.57. The molecule has 1 aromatic heterocycles. The first-order chi connectivity index (χ1) is 10.5. The average molecular weight is 303 g/mol. The molecule has 0 aliphatic carbocycles. The summed E-state index contributed by atoms with van der Waals surface area (Å²) in [7, 11) is 0. The Labute approximate surface area is 126 Å². The highest BCUT2D eigenvalue weighted by Crippen LogP contribution is 2.21. The summed E-state index contributed by atoms with van der Waals surface area (Å²) in [6.07, 6.45) is 3.00. The molecule has 116 valence electrons. The first kappa shape index (κ1) is 15.5. The van der Waals surface area contributed by atoms with Gasteiger partial charge in [-0.3, -0.25) is 14.9 Å². The van der Waals surface area contributed by atoms with Gasteiger partial charge < -0.3 is 16.0 Å². The van der Waals surface area contributed by atoms with Gasteiger partial charge >= 0.3 is 0 Å². The normalized spacial score (nSPS) is 10.4. The third-order valence-electron chi connectivity index (χ3n) is 3.23. The van der Waals surface area contributed by atoms with Crippen LogP contribution in [-0.4, -0.2) is 27.3 Å². The molecule has 1 amide bonds. The van der Waals surface area contributed by atoms with Crippen LogP contribution in [0.5, 0.6) is 0 Å². The number of rotatable bonds is 6. The quantitative estimate of drug-likeness (QED) is 0.424. The lowest BCUT2D eigenvalue weighted by atomic mass is 10.1. The van der Waals surface area contributed by atoms with Crippen molar-refractivity contribution in [3.8, 4) is 0 Å². The molecule has 0 saturated carbocycles. The van der Waals surface area contributed by atoms with E-state index in [0.29, 0.717) is 30.9 Å². The Kier molecular flexibility index (Phi) is 4.72. The molecule has 0 spiro atoms. The number of benzene rings is 1. The Morgan fingerprint density at radius 2 is 2.27 bits per heavy atom. The number of nitrogen functional groups attached to an aromatic ring is 1. The van der Waals surface area contributed by atoms with Gasteiger partial charge in [0, 0.05) is 18.3 Å². The highest BCUT2D eigenvalue weighted by molar-refractivity contribution is 5.99. The molecule has 2 aromatic rings. The number of amides is 1. The zero-order valence-electron chi connectivity index (χ0n) is 12.1. The molecule has 4 N–H and O–H groups in total. The number of nitrogens with zero attached hydrogens (tertiary/aromatic N) is 2. The van der Waals surface area contributed by atoms with Crippen LogP contribution in [0.2, 0.25) is 0 Å². The minimum absolute atomic E-state index is 0.110.